The number of pyridine rings is 1. The SMILES string of the molecule is Cc1cccc(-c2ccc(F)cn2)c1. The average Bonchev–Trinajstić information content (AvgIpc) is 2.19. The number of hydrogen-bond acceptors (Lipinski definition) is 1. The summed E-state index contributed by atoms with van der Waals surface area (Å²) in [7, 11) is 0. The van der Waals surface area contributed by atoms with Crippen molar-refractivity contribution in [1.82, 2.24) is 4.98 Å². The third-order valence-electron chi connectivity index (χ3n) is 2.04. The Morgan fingerprint density at radius 1 is 1.14 bits per heavy atom. The fraction of sp³-hybridized carbons (Fsp3) is 0.0833. The van der Waals surface area contributed by atoms with Crippen LogP contribution in [0.25, 0.3) is 11.3 Å². The highest BCUT2D eigenvalue weighted by molar-refractivity contribution is 5.59. The number of aromatic nitrogens is 1. The molecule has 1 heterocycles. The Morgan fingerprint density at radius 2 is 2.00 bits per heavy atom. The first-order chi connectivity index (χ1) is 6.75. The molecule has 2 rings (SSSR count). The molecule has 1 aromatic carbocycles. The summed E-state index contributed by atoms with van der Waals surface area (Å²) in [6, 6.07) is 11.1. The molecule has 0 aliphatic carbocycles. The van der Waals surface area contributed by atoms with Gasteiger partial charge in [-0.3, -0.25) is 4.98 Å². The molecule has 0 aliphatic heterocycles. The first-order valence-electron chi connectivity index (χ1n) is 4.44. The van der Waals surface area contributed by atoms with Gasteiger partial charge in [-0.15, -0.1) is 0 Å². The molecule has 0 radical (unpaired) electrons. The molecule has 0 saturated heterocycles. The molecule has 0 unspecified atom stereocenters. The van der Waals surface area contributed by atoms with Crippen LogP contribution >= 0.6 is 0 Å². The second-order valence-electron chi connectivity index (χ2n) is 3.23. The lowest BCUT2D eigenvalue weighted by Gasteiger charge is -2.01. The van der Waals surface area contributed by atoms with Crippen LogP contribution in [0.5, 0.6) is 0 Å². The summed E-state index contributed by atoms with van der Waals surface area (Å²) >= 11 is 0. The van der Waals surface area contributed by atoms with Crippen LogP contribution in [0, 0.1) is 12.7 Å². The molecule has 2 aromatic rings. The molecule has 0 N–H and O–H groups in total. The summed E-state index contributed by atoms with van der Waals surface area (Å²) in [4.78, 5) is 4.01. The summed E-state index contributed by atoms with van der Waals surface area (Å²) in [6.45, 7) is 2.02. The van der Waals surface area contributed by atoms with E-state index in [-0.39, 0.29) is 5.82 Å². The van der Waals surface area contributed by atoms with Crippen LogP contribution in [0.4, 0.5) is 4.39 Å². The Hall–Kier alpha value is -1.70. The van der Waals surface area contributed by atoms with E-state index in [1.54, 1.807) is 6.07 Å². The van der Waals surface area contributed by atoms with Crippen molar-refractivity contribution in [3.63, 3.8) is 0 Å². The number of hydrogen-bond donors (Lipinski definition) is 0. The number of rotatable bonds is 1. The lowest BCUT2D eigenvalue weighted by molar-refractivity contribution is 0.622. The summed E-state index contributed by atoms with van der Waals surface area (Å²) in [5, 5.41) is 0. The standard InChI is InChI=1S/C12H10FN/c1-9-3-2-4-10(7-9)12-6-5-11(13)8-14-12/h2-8H,1H3. The van der Waals surface area contributed by atoms with E-state index in [0.29, 0.717) is 0 Å². The van der Waals surface area contributed by atoms with Gasteiger partial charge in [0.15, 0.2) is 0 Å². The predicted octanol–water partition coefficient (Wildman–Crippen LogP) is 3.20. The lowest BCUT2D eigenvalue weighted by Crippen LogP contribution is -1.84. The van der Waals surface area contributed by atoms with Gasteiger partial charge in [0.1, 0.15) is 5.82 Å². The van der Waals surface area contributed by atoms with Gasteiger partial charge in [-0.2, -0.15) is 0 Å². The quantitative estimate of drug-likeness (QED) is 0.668. The predicted molar refractivity (Wildman–Crippen MR) is 54.4 cm³/mol. The zero-order chi connectivity index (χ0) is 9.97. The summed E-state index contributed by atoms with van der Waals surface area (Å²) in [6.07, 6.45) is 1.23. The molecule has 0 saturated carbocycles. The lowest BCUT2D eigenvalue weighted by atomic mass is 10.1. The summed E-state index contributed by atoms with van der Waals surface area (Å²) in [5.74, 6) is -0.304. The maximum Gasteiger partial charge on any atom is 0.141 e. The second kappa shape index (κ2) is 3.58. The van der Waals surface area contributed by atoms with E-state index in [1.807, 2.05) is 31.2 Å². The van der Waals surface area contributed by atoms with Crippen LogP contribution in [0.2, 0.25) is 0 Å². The third kappa shape index (κ3) is 1.79. The van der Waals surface area contributed by atoms with Crippen molar-refractivity contribution < 1.29 is 4.39 Å². The highest BCUT2D eigenvalue weighted by Gasteiger charge is 1.98. The van der Waals surface area contributed by atoms with Gasteiger partial charge in [0.05, 0.1) is 11.9 Å². The van der Waals surface area contributed by atoms with Crippen molar-refractivity contribution in [2.24, 2.45) is 0 Å². The minimum Gasteiger partial charge on any atom is -0.253 e. The first kappa shape index (κ1) is 8.88. The Bertz CT molecular complexity index is 434. The Kier molecular flexibility index (Phi) is 2.27. The fourth-order valence-electron chi connectivity index (χ4n) is 1.35. The maximum atomic E-state index is 12.6. The van der Waals surface area contributed by atoms with Crippen LogP contribution in [-0.2, 0) is 0 Å². The number of benzene rings is 1. The van der Waals surface area contributed by atoms with Gasteiger partial charge in [0.2, 0.25) is 0 Å². The number of nitrogens with zero attached hydrogens (tertiary/aromatic N) is 1. The van der Waals surface area contributed by atoms with E-state index in [0.717, 1.165) is 11.3 Å². The topological polar surface area (TPSA) is 12.9 Å². The third-order valence-corrected chi connectivity index (χ3v) is 2.04. The van der Waals surface area contributed by atoms with E-state index in [2.05, 4.69) is 4.98 Å². The Balaban J connectivity index is 2.44. The van der Waals surface area contributed by atoms with Gasteiger partial charge < -0.3 is 0 Å². The highest BCUT2D eigenvalue weighted by atomic mass is 19.1. The Morgan fingerprint density at radius 3 is 2.64 bits per heavy atom. The minimum absolute atomic E-state index is 0.304. The van der Waals surface area contributed by atoms with Crippen LogP contribution in [0.15, 0.2) is 42.6 Å². The van der Waals surface area contributed by atoms with Gasteiger partial charge in [-0.25, -0.2) is 4.39 Å². The molecule has 14 heavy (non-hydrogen) atoms. The second-order valence-corrected chi connectivity index (χ2v) is 3.23. The fourth-order valence-corrected chi connectivity index (χ4v) is 1.35. The smallest absolute Gasteiger partial charge is 0.141 e. The molecule has 0 spiro atoms. The van der Waals surface area contributed by atoms with Crippen molar-refractivity contribution in [3.8, 4) is 11.3 Å². The molecule has 0 amide bonds. The van der Waals surface area contributed by atoms with E-state index >= 15 is 0 Å². The molecule has 70 valence electrons. The van der Waals surface area contributed by atoms with Crippen LogP contribution < -0.4 is 0 Å². The molecule has 1 aromatic heterocycles. The summed E-state index contributed by atoms with van der Waals surface area (Å²) in [5.41, 5.74) is 2.99. The van der Waals surface area contributed by atoms with Gasteiger partial charge in [-0.05, 0) is 25.1 Å². The zero-order valence-electron chi connectivity index (χ0n) is 7.87. The van der Waals surface area contributed by atoms with Crippen LogP contribution in [0.3, 0.4) is 0 Å². The average molecular weight is 187 g/mol. The molecular weight excluding hydrogens is 177 g/mol. The molecular formula is C12H10FN. The van der Waals surface area contributed by atoms with E-state index in [9.17, 15) is 4.39 Å². The summed E-state index contributed by atoms with van der Waals surface area (Å²) < 4.78 is 12.6. The van der Waals surface area contributed by atoms with Crippen LogP contribution in [-0.4, -0.2) is 4.98 Å². The number of halogens is 1. The zero-order valence-corrected chi connectivity index (χ0v) is 7.87. The molecule has 2 heteroatoms. The molecule has 0 atom stereocenters. The molecule has 1 nitrogen and oxygen atoms in total. The Labute approximate surface area is 82.2 Å². The van der Waals surface area contributed by atoms with Gasteiger partial charge in [0, 0.05) is 5.56 Å². The van der Waals surface area contributed by atoms with E-state index in [1.165, 1.54) is 17.8 Å². The van der Waals surface area contributed by atoms with Gasteiger partial charge in [-0.1, -0.05) is 23.8 Å². The molecule has 0 fully saturated rings. The van der Waals surface area contributed by atoms with Crippen molar-refractivity contribution in [2.75, 3.05) is 0 Å². The van der Waals surface area contributed by atoms with Crippen molar-refractivity contribution in [1.29, 1.82) is 0 Å². The highest BCUT2D eigenvalue weighted by Crippen LogP contribution is 2.17. The molecule has 0 bridgehead atoms. The molecule has 0 aliphatic rings. The van der Waals surface area contributed by atoms with Gasteiger partial charge >= 0.3 is 0 Å². The van der Waals surface area contributed by atoms with Crippen LogP contribution in [0.1, 0.15) is 5.56 Å². The monoisotopic (exact) mass is 187 g/mol. The van der Waals surface area contributed by atoms with E-state index < -0.39 is 0 Å². The van der Waals surface area contributed by atoms with Gasteiger partial charge in [0.25, 0.3) is 0 Å². The minimum atomic E-state index is -0.304. The maximum absolute atomic E-state index is 12.6. The van der Waals surface area contributed by atoms with Crippen molar-refractivity contribution >= 4 is 0 Å². The normalized spacial score (nSPS) is 10.1. The largest absolute Gasteiger partial charge is 0.253 e. The van der Waals surface area contributed by atoms with Crippen molar-refractivity contribution in [2.45, 2.75) is 6.92 Å². The number of aryl methyl sites for hydroxylation is 1. The van der Waals surface area contributed by atoms with Crippen molar-refractivity contribution in [3.05, 3.63) is 54.0 Å². The first-order valence-corrected chi connectivity index (χ1v) is 4.44. The van der Waals surface area contributed by atoms with E-state index in [4.69, 9.17) is 0 Å².